The zero-order chi connectivity index (χ0) is 17.4. The number of hydrogen-bond acceptors (Lipinski definition) is 5. The Labute approximate surface area is 148 Å². The van der Waals surface area contributed by atoms with E-state index in [-0.39, 0.29) is 11.6 Å². The number of rotatable bonds is 7. The van der Waals surface area contributed by atoms with E-state index in [0.717, 1.165) is 4.90 Å². The van der Waals surface area contributed by atoms with Crippen LogP contribution in [0.15, 0.2) is 58.5 Å². The lowest BCUT2D eigenvalue weighted by molar-refractivity contribution is -0.384. The molecule has 0 aromatic heterocycles. The van der Waals surface area contributed by atoms with Crippen molar-refractivity contribution in [2.24, 2.45) is 5.10 Å². The van der Waals surface area contributed by atoms with Crippen LogP contribution in [-0.2, 0) is 4.79 Å². The quantitative estimate of drug-likeness (QED) is 0.350. The number of carbonyl (C=O) groups excluding carboxylic acids is 1. The Hall–Kier alpha value is -2.38. The van der Waals surface area contributed by atoms with Gasteiger partial charge in [0.15, 0.2) is 0 Å². The first-order valence-corrected chi connectivity index (χ1v) is 8.36. The molecule has 0 bridgehead atoms. The van der Waals surface area contributed by atoms with Gasteiger partial charge in [-0.25, -0.2) is 5.43 Å². The van der Waals surface area contributed by atoms with Crippen molar-refractivity contribution in [2.45, 2.75) is 11.3 Å². The van der Waals surface area contributed by atoms with Crippen molar-refractivity contribution < 1.29 is 9.72 Å². The number of non-ortho nitro benzene ring substituents is 1. The van der Waals surface area contributed by atoms with E-state index < -0.39 is 4.92 Å². The lowest BCUT2D eigenvalue weighted by Gasteiger charge is -2.01. The fourth-order valence-corrected chi connectivity index (χ4v) is 2.79. The second kappa shape index (κ2) is 9.05. The highest BCUT2D eigenvalue weighted by molar-refractivity contribution is 7.99. The molecule has 8 heteroatoms. The minimum absolute atomic E-state index is 0.0913. The molecule has 0 radical (unpaired) electrons. The van der Waals surface area contributed by atoms with Crippen molar-refractivity contribution in [3.63, 3.8) is 0 Å². The number of nitrogens with one attached hydrogen (secondary N) is 1. The first kappa shape index (κ1) is 18.0. The van der Waals surface area contributed by atoms with Crippen LogP contribution >= 0.6 is 23.4 Å². The van der Waals surface area contributed by atoms with Crippen molar-refractivity contribution in [1.82, 2.24) is 5.43 Å². The van der Waals surface area contributed by atoms with E-state index in [1.54, 1.807) is 11.8 Å². The molecular weight excluding hydrogens is 350 g/mol. The molecule has 0 aliphatic carbocycles. The van der Waals surface area contributed by atoms with Crippen molar-refractivity contribution in [1.29, 1.82) is 0 Å². The number of nitro groups is 1. The summed E-state index contributed by atoms with van der Waals surface area (Å²) in [6, 6.07) is 13.8. The van der Waals surface area contributed by atoms with Crippen molar-refractivity contribution >= 4 is 41.2 Å². The van der Waals surface area contributed by atoms with Gasteiger partial charge in [-0.05, 0) is 18.2 Å². The SMILES string of the molecule is O=C(CCSc1ccccc1)N/N=C\c1cc([N+](=O)[O-])ccc1Cl. The van der Waals surface area contributed by atoms with Gasteiger partial charge in [0.05, 0.1) is 11.1 Å². The Bertz CT molecular complexity index is 753. The number of nitro benzene ring substituents is 1. The van der Waals surface area contributed by atoms with Crippen LogP contribution in [0.4, 0.5) is 5.69 Å². The van der Waals surface area contributed by atoms with Crippen LogP contribution in [-0.4, -0.2) is 22.8 Å². The van der Waals surface area contributed by atoms with E-state index in [0.29, 0.717) is 22.8 Å². The van der Waals surface area contributed by atoms with Gasteiger partial charge in [0.1, 0.15) is 0 Å². The summed E-state index contributed by atoms with van der Waals surface area (Å²) in [4.78, 5) is 23.0. The van der Waals surface area contributed by atoms with E-state index in [4.69, 9.17) is 11.6 Å². The number of thioether (sulfide) groups is 1. The third kappa shape index (κ3) is 5.68. The van der Waals surface area contributed by atoms with Crippen LogP contribution in [0.2, 0.25) is 5.02 Å². The molecule has 2 aromatic carbocycles. The Kier molecular flexibility index (Phi) is 6.77. The van der Waals surface area contributed by atoms with Gasteiger partial charge in [-0.3, -0.25) is 14.9 Å². The third-order valence-electron chi connectivity index (χ3n) is 2.92. The molecule has 0 aliphatic heterocycles. The molecule has 0 saturated heterocycles. The molecule has 124 valence electrons. The molecule has 6 nitrogen and oxygen atoms in total. The van der Waals surface area contributed by atoms with Gasteiger partial charge in [0.2, 0.25) is 5.91 Å². The largest absolute Gasteiger partial charge is 0.273 e. The molecule has 1 amide bonds. The predicted molar refractivity (Wildman–Crippen MR) is 95.6 cm³/mol. The highest BCUT2D eigenvalue weighted by Gasteiger charge is 2.08. The zero-order valence-corrected chi connectivity index (χ0v) is 14.1. The van der Waals surface area contributed by atoms with Gasteiger partial charge in [-0.2, -0.15) is 5.10 Å². The number of benzene rings is 2. The van der Waals surface area contributed by atoms with Crippen molar-refractivity contribution in [2.75, 3.05) is 5.75 Å². The van der Waals surface area contributed by atoms with E-state index in [1.807, 2.05) is 30.3 Å². The van der Waals surface area contributed by atoms with Crippen LogP contribution in [0.25, 0.3) is 0 Å². The summed E-state index contributed by atoms with van der Waals surface area (Å²) in [6.07, 6.45) is 1.59. The topological polar surface area (TPSA) is 84.6 Å². The maximum absolute atomic E-state index is 11.7. The average Bonchev–Trinajstić information content (AvgIpc) is 2.57. The van der Waals surface area contributed by atoms with Gasteiger partial charge in [-0.15, -0.1) is 11.8 Å². The molecule has 2 aromatic rings. The minimum Gasteiger partial charge on any atom is -0.273 e. The van der Waals surface area contributed by atoms with Crippen LogP contribution in [0.3, 0.4) is 0 Å². The number of hydrazone groups is 1. The lowest BCUT2D eigenvalue weighted by Crippen LogP contribution is -2.17. The first-order chi connectivity index (χ1) is 11.6. The van der Waals surface area contributed by atoms with Gasteiger partial charge in [-0.1, -0.05) is 29.8 Å². The maximum atomic E-state index is 11.7. The van der Waals surface area contributed by atoms with Crippen LogP contribution in [0.1, 0.15) is 12.0 Å². The van der Waals surface area contributed by atoms with E-state index in [1.165, 1.54) is 24.4 Å². The smallest absolute Gasteiger partial charge is 0.270 e. The molecule has 2 rings (SSSR count). The zero-order valence-electron chi connectivity index (χ0n) is 12.5. The number of amides is 1. The van der Waals surface area contributed by atoms with E-state index >= 15 is 0 Å². The predicted octanol–water partition coefficient (Wildman–Crippen LogP) is 3.88. The molecule has 24 heavy (non-hydrogen) atoms. The molecule has 0 heterocycles. The Balaban J connectivity index is 1.82. The summed E-state index contributed by atoms with van der Waals surface area (Å²) >= 11 is 7.52. The van der Waals surface area contributed by atoms with Gasteiger partial charge >= 0.3 is 0 Å². The minimum atomic E-state index is -0.521. The maximum Gasteiger partial charge on any atom is 0.270 e. The Morgan fingerprint density at radius 3 is 2.75 bits per heavy atom. The number of halogens is 1. The molecule has 1 N–H and O–H groups in total. The summed E-state index contributed by atoms with van der Waals surface area (Å²) < 4.78 is 0. The van der Waals surface area contributed by atoms with Crippen LogP contribution in [0, 0.1) is 10.1 Å². The van der Waals surface area contributed by atoms with Crippen LogP contribution in [0.5, 0.6) is 0 Å². The molecule has 0 fully saturated rings. The van der Waals surface area contributed by atoms with Gasteiger partial charge in [0.25, 0.3) is 5.69 Å². The summed E-state index contributed by atoms with van der Waals surface area (Å²) in [5.41, 5.74) is 2.66. The molecule has 0 spiro atoms. The van der Waals surface area contributed by atoms with Crippen LogP contribution < -0.4 is 5.43 Å². The monoisotopic (exact) mass is 363 g/mol. The molecule has 0 unspecified atom stereocenters. The first-order valence-electron chi connectivity index (χ1n) is 7.00. The standard InChI is InChI=1S/C16H14ClN3O3S/c17-15-7-6-13(20(22)23)10-12(15)11-18-19-16(21)8-9-24-14-4-2-1-3-5-14/h1-7,10-11H,8-9H2,(H,19,21)/b18-11-. The Morgan fingerprint density at radius 2 is 2.04 bits per heavy atom. The summed E-state index contributed by atoms with van der Waals surface area (Å²) in [5.74, 6) is 0.388. The number of hydrogen-bond donors (Lipinski definition) is 1. The fourth-order valence-electron chi connectivity index (χ4n) is 1.75. The summed E-state index contributed by atoms with van der Waals surface area (Å²) in [7, 11) is 0. The van der Waals surface area contributed by atoms with E-state index in [9.17, 15) is 14.9 Å². The lowest BCUT2D eigenvalue weighted by atomic mass is 10.2. The molecular formula is C16H14ClN3O3S. The highest BCUT2D eigenvalue weighted by atomic mass is 35.5. The third-order valence-corrected chi connectivity index (χ3v) is 4.28. The average molecular weight is 364 g/mol. The van der Waals surface area contributed by atoms with Crippen molar-refractivity contribution in [3.05, 3.63) is 69.2 Å². The number of nitrogens with zero attached hydrogens (tertiary/aromatic N) is 2. The molecule has 0 saturated carbocycles. The normalized spacial score (nSPS) is 10.7. The fraction of sp³-hybridized carbons (Fsp3) is 0.125. The van der Waals surface area contributed by atoms with E-state index in [2.05, 4.69) is 10.5 Å². The second-order valence-corrected chi connectivity index (χ2v) is 6.24. The number of carbonyl (C=O) groups is 1. The summed E-state index contributed by atoms with van der Waals surface area (Å²) in [5, 5.41) is 14.8. The molecule has 0 atom stereocenters. The van der Waals surface area contributed by atoms with Crippen molar-refractivity contribution in [3.8, 4) is 0 Å². The highest BCUT2D eigenvalue weighted by Crippen LogP contribution is 2.20. The van der Waals surface area contributed by atoms with Gasteiger partial charge in [0, 0.05) is 39.8 Å². The summed E-state index contributed by atoms with van der Waals surface area (Å²) in [6.45, 7) is 0. The Morgan fingerprint density at radius 1 is 1.29 bits per heavy atom. The van der Waals surface area contributed by atoms with Gasteiger partial charge < -0.3 is 0 Å². The molecule has 0 aliphatic rings. The second-order valence-electron chi connectivity index (χ2n) is 4.67.